The number of carbonyl (C=O) groups is 3. The van der Waals surface area contributed by atoms with E-state index in [0.29, 0.717) is 38.5 Å². The van der Waals surface area contributed by atoms with Crippen molar-refractivity contribution in [3.05, 3.63) is 53.5 Å². The SMILES string of the molecule is Cc1cc(C)cc(NC(=O)CN2CCC(C(=O)N3CCN(C(=O)c4ccco4)CC3)CC2)c1. The zero-order valence-electron chi connectivity index (χ0n) is 19.4. The van der Waals surface area contributed by atoms with E-state index < -0.39 is 0 Å². The highest BCUT2D eigenvalue weighted by Gasteiger charge is 2.32. The lowest BCUT2D eigenvalue weighted by molar-refractivity contribution is -0.138. The number of piperidine rings is 1. The first-order valence-electron chi connectivity index (χ1n) is 11.6. The van der Waals surface area contributed by atoms with Gasteiger partial charge >= 0.3 is 0 Å². The van der Waals surface area contributed by atoms with Crippen molar-refractivity contribution in [3.63, 3.8) is 0 Å². The van der Waals surface area contributed by atoms with Gasteiger partial charge in [0.25, 0.3) is 5.91 Å². The number of aryl methyl sites for hydroxylation is 2. The first-order chi connectivity index (χ1) is 15.9. The summed E-state index contributed by atoms with van der Waals surface area (Å²) in [6.07, 6.45) is 2.99. The normalized spacial score (nSPS) is 17.8. The molecule has 8 heteroatoms. The van der Waals surface area contributed by atoms with E-state index in [1.165, 1.54) is 6.26 Å². The van der Waals surface area contributed by atoms with Gasteiger partial charge in [0, 0.05) is 37.8 Å². The Morgan fingerprint density at radius 2 is 1.58 bits per heavy atom. The zero-order valence-corrected chi connectivity index (χ0v) is 19.4. The van der Waals surface area contributed by atoms with Crippen LogP contribution in [-0.4, -0.2) is 78.2 Å². The Labute approximate surface area is 194 Å². The molecule has 2 fully saturated rings. The van der Waals surface area contributed by atoms with Crippen LogP contribution in [0.1, 0.15) is 34.5 Å². The van der Waals surface area contributed by atoms with Gasteiger partial charge in [-0.25, -0.2) is 0 Å². The van der Waals surface area contributed by atoms with Crippen LogP contribution in [0.4, 0.5) is 5.69 Å². The molecule has 2 aromatic rings. The second-order valence-electron chi connectivity index (χ2n) is 9.07. The van der Waals surface area contributed by atoms with Crippen molar-refractivity contribution in [2.45, 2.75) is 26.7 Å². The number of rotatable bonds is 5. The summed E-state index contributed by atoms with van der Waals surface area (Å²) in [5.74, 6) is 0.334. The quantitative estimate of drug-likeness (QED) is 0.754. The average Bonchev–Trinajstić information content (AvgIpc) is 3.33. The minimum atomic E-state index is -0.125. The van der Waals surface area contributed by atoms with E-state index >= 15 is 0 Å². The van der Waals surface area contributed by atoms with Gasteiger partial charge in [0.2, 0.25) is 11.8 Å². The molecular weight excluding hydrogens is 420 g/mol. The molecular formula is C25H32N4O4. The second kappa shape index (κ2) is 10.2. The lowest BCUT2D eigenvalue weighted by atomic mass is 9.95. The lowest BCUT2D eigenvalue weighted by Gasteiger charge is -2.38. The molecule has 0 unspecified atom stereocenters. The number of nitrogens with one attached hydrogen (secondary N) is 1. The maximum absolute atomic E-state index is 13.0. The smallest absolute Gasteiger partial charge is 0.289 e. The van der Waals surface area contributed by atoms with E-state index in [9.17, 15) is 14.4 Å². The fourth-order valence-corrected chi connectivity index (χ4v) is 4.73. The van der Waals surface area contributed by atoms with E-state index in [2.05, 4.69) is 16.3 Å². The molecule has 0 aliphatic carbocycles. The molecule has 1 aromatic carbocycles. The van der Waals surface area contributed by atoms with Gasteiger partial charge in [-0.05, 0) is 75.2 Å². The minimum absolute atomic E-state index is 0.0175. The largest absolute Gasteiger partial charge is 0.459 e. The highest BCUT2D eigenvalue weighted by atomic mass is 16.3. The number of nitrogens with zero attached hydrogens (tertiary/aromatic N) is 3. The fourth-order valence-electron chi connectivity index (χ4n) is 4.73. The maximum Gasteiger partial charge on any atom is 0.289 e. The van der Waals surface area contributed by atoms with Gasteiger partial charge in [-0.3, -0.25) is 19.3 Å². The Hall–Kier alpha value is -3.13. The van der Waals surface area contributed by atoms with Crippen molar-refractivity contribution in [3.8, 4) is 0 Å². The molecule has 2 aliphatic rings. The first-order valence-corrected chi connectivity index (χ1v) is 11.6. The van der Waals surface area contributed by atoms with E-state index in [4.69, 9.17) is 4.42 Å². The Bertz CT molecular complexity index is 968. The standard InChI is InChI=1S/C25H32N4O4/c1-18-14-19(2)16-21(15-18)26-23(30)17-27-7-5-20(6-8-27)24(31)28-9-11-29(12-10-28)25(32)22-4-3-13-33-22/h3-4,13-16,20H,5-12,17H2,1-2H3,(H,26,30). The van der Waals surface area contributed by atoms with Gasteiger partial charge < -0.3 is 19.5 Å². The Morgan fingerprint density at radius 1 is 0.939 bits per heavy atom. The number of piperazine rings is 1. The summed E-state index contributed by atoms with van der Waals surface area (Å²) in [7, 11) is 0. The van der Waals surface area contributed by atoms with Crippen molar-refractivity contribution >= 4 is 23.4 Å². The number of anilines is 1. The number of carbonyl (C=O) groups excluding carboxylic acids is 3. The predicted octanol–water partition coefficient (Wildman–Crippen LogP) is 2.53. The van der Waals surface area contributed by atoms with Gasteiger partial charge in [0.15, 0.2) is 5.76 Å². The van der Waals surface area contributed by atoms with Crippen LogP contribution in [0.3, 0.4) is 0 Å². The molecule has 0 bridgehead atoms. The summed E-state index contributed by atoms with van der Waals surface area (Å²) in [6.45, 7) is 7.95. The molecule has 2 saturated heterocycles. The van der Waals surface area contributed by atoms with E-state index in [0.717, 1.165) is 42.7 Å². The number of benzene rings is 1. The minimum Gasteiger partial charge on any atom is -0.459 e. The van der Waals surface area contributed by atoms with E-state index in [1.807, 2.05) is 30.9 Å². The number of hydrogen-bond donors (Lipinski definition) is 1. The summed E-state index contributed by atoms with van der Waals surface area (Å²) < 4.78 is 5.19. The van der Waals surface area contributed by atoms with Crippen molar-refractivity contribution in [1.82, 2.24) is 14.7 Å². The molecule has 33 heavy (non-hydrogen) atoms. The van der Waals surface area contributed by atoms with Gasteiger partial charge in [-0.15, -0.1) is 0 Å². The number of hydrogen-bond acceptors (Lipinski definition) is 5. The molecule has 1 N–H and O–H groups in total. The monoisotopic (exact) mass is 452 g/mol. The van der Waals surface area contributed by atoms with Crippen molar-refractivity contribution in [1.29, 1.82) is 0 Å². The van der Waals surface area contributed by atoms with Crippen LogP contribution in [0.25, 0.3) is 0 Å². The highest BCUT2D eigenvalue weighted by molar-refractivity contribution is 5.92. The molecule has 176 valence electrons. The van der Waals surface area contributed by atoms with Gasteiger partial charge in [-0.2, -0.15) is 0 Å². The van der Waals surface area contributed by atoms with Crippen LogP contribution < -0.4 is 5.32 Å². The van der Waals surface area contributed by atoms with Crippen LogP contribution in [0, 0.1) is 19.8 Å². The first kappa shape index (κ1) is 23.0. The Morgan fingerprint density at radius 3 is 2.18 bits per heavy atom. The van der Waals surface area contributed by atoms with Gasteiger partial charge in [-0.1, -0.05) is 6.07 Å². The third kappa shape index (κ3) is 5.82. The fraction of sp³-hybridized carbons (Fsp3) is 0.480. The van der Waals surface area contributed by atoms with Crippen LogP contribution in [0.15, 0.2) is 41.0 Å². The molecule has 0 spiro atoms. The Kier molecular flexibility index (Phi) is 7.13. The zero-order chi connectivity index (χ0) is 23.4. The van der Waals surface area contributed by atoms with Gasteiger partial charge in [0.1, 0.15) is 0 Å². The van der Waals surface area contributed by atoms with Crippen LogP contribution >= 0.6 is 0 Å². The van der Waals surface area contributed by atoms with Gasteiger partial charge in [0.05, 0.1) is 12.8 Å². The van der Waals surface area contributed by atoms with Crippen LogP contribution in [0.2, 0.25) is 0 Å². The third-order valence-corrected chi connectivity index (χ3v) is 6.42. The molecule has 8 nitrogen and oxygen atoms in total. The van der Waals surface area contributed by atoms with Crippen molar-refractivity contribution < 1.29 is 18.8 Å². The molecule has 3 amide bonds. The maximum atomic E-state index is 13.0. The molecule has 0 radical (unpaired) electrons. The molecule has 4 rings (SSSR count). The number of furan rings is 1. The summed E-state index contributed by atoms with van der Waals surface area (Å²) in [6, 6.07) is 9.38. The summed E-state index contributed by atoms with van der Waals surface area (Å²) in [4.78, 5) is 43.6. The molecule has 0 saturated carbocycles. The van der Waals surface area contributed by atoms with E-state index in [-0.39, 0.29) is 23.6 Å². The number of likely N-dealkylation sites (tertiary alicyclic amines) is 1. The van der Waals surface area contributed by atoms with Crippen molar-refractivity contribution in [2.75, 3.05) is 51.1 Å². The molecule has 3 heterocycles. The second-order valence-corrected chi connectivity index (χ2v) is 9.07. The topological polar surface area (TPSA) is 86.1 Å². The highest BCUT2D eigenvalue weighted by Crippen LogP contribution is 2.21. The molecule has 1 aromatic heterocycles. The third-order valence-electron chi connectivity index (χ3n) is 6.42. The molecule has 2 aliphatic heterocycles. The average molecular weight is 453 g/mol. The van der Waals surface area contributed by atoms with Crippen LogP contribution in [-0.2, 0) is 9.59 Å². The summed E-state index contributed by atoms with van der Waals surface area (Å²) in [5.41, 5.74) is 3.07. The summed E-state index contributed by atoms with van der Waals surface area (Å²) >= 11 is 0. The number of amides is 3. The summed E-state index contributed by atoms with van der Waals surface area (Å²) in [5, 5.41) is 2.99. The predicted molar refractivity (Wildman–Crippen MR) is 125 cm³/mol. The lowest BCUT2D eigenvalue weighted by Crippen LogP contribution is -2.53. The van der Waals surface area contributed by atoms with Crippen LogP contribution in [0.5, 0.6) is 0 Å². The Balaban J connectivity index is 1.20. The molecule has 0 atom stereocenters. The van der Waals surface area contributed by atoms with E-state index in [1.54, 1.807) is 17.0 Å². The van der Waals surface area contributed by atoms with Crippen molar-refractivity contribution in [2.24, 2.45) is 5.92 Å².